The van der Waals surface area contributed by atoms with Crippen molar-refractivity contribution in [1.82, 2.24) is 0 Å². The number of nitrogens with zero attached hydrogens (tertiary/aromatic N) is 1. The third kappa shape index (κ3) is 3.22. The van der Waals surface area contributed by atoms with Gasteiger partial charge in [0, 0.05) is 11.2 Å². The highest BCUT2D eigenvalue weighted by molar-refractivity contribution is 6.41. The van der Waals surface area contributed by atoms with Crippen molar-refractivity contribution in [2.24, 2.45) is 4.99 Å². The van der Waals surface area contributed by atoms with Crippen molar-refractivity contribution in [2.45, 2.75) is 0 Å². The van der Waals surface area contributed by atoms with Gasteiger partial charge in [-0.3, -0.25) is 4.99 Å². The zero-order valence-corrected chi connectivity index (χ0v) is 11.0. The first-order valence-electron chi connectivity index (χ1n) is 4.90. The molecule has 0 unspecified atom stereocenters. The van der Waals surface area contributed by atoms with Crippen LogP contribution in [0.1, 0.15) is 5.56 Å². The van der Waals surface area contributed by atoms with Crippen LogP contribution in [0.3, 0.4) is 0 Å². The molecule has 0 spiro atoms. The number of benzene rings is 2. The first kappa shape index (κ1) is 12.4. The standard InChI is InChI=1S/C13H8Cl3N/c14-10-6-11(15)13(12(16)7-10)17-8-9-4-2-1-3-5-9/h1-8H/b17-8+. The normalized spacial score (nSPS) is 11.0. The molecule has 0 amide bonds. The fourth-order valence-electron chi connectivity index (χ4n) is 1.34. The Morgan fingerprint density at radius 3 is 2.06 bits per heavy atom. The van der Waals surface area contributed by atoms with Crippen LogP contribution in [-0.2, 0) is 0 Å². The highest BCUT2D eigenvalue weighted by Gasteiger charge is 2.05. The van der Waals surface area contributed by atoms with E-state index < -0.39 is 0 Å². The van der Waals surface area contributed by atoms with Crippen LogP contribution in [0.25, 0.3) is 0 Å². The van der Waals surface area contributed by atoms with Crippen molar-refractivity contribution in [3.8, 4) is 0 Å². The summed E-state index contributed by atoms with van der Waals surface area (Å²) >= 11 is 17.9. The zero-order valence-electron chi connectivity index (χ0n) is 8.70. The van der Waals surface area contributed by atoms with E-state index in [1.54, 1.807) is 18.3 Å². The molecule has 17 heavy (non-hydrogen) atoms. The lowest BCUT2D eigenvalue weighted by atomic mass is 10.2. The highest BCUT2D eigenvalue weighted by atomic mass is 35.5. The minimum Gasteiger partial charge on any atom is -0.253 e. The van der Waals surface area contributed by atoms with Gasteiger partial charge >= 0.3 is 0 Å². The first-order valence-corrected chi connectivity index (χ1v) is 6.04. The van der Waals surface area contributed by atoms with E-state index in [0.717, 1.165) is 5.56 Å². The summed E-state index contributed by atoms with van der Waals surface area (Å²) in [7, 11) is 0. The van der Waals surface area contributed by atoms with Crippen LogP contribution in [0.2, 0.25) is 15.1 Å². The molecule has 0 saturated heterocycles. The minimum atomic E-state index is 0.440. The molecule has 0 bridgehead atoms. The Balaban J connectivity index is 2.34. The molecule has 0 saturated carbocycles. The monoisotopic (exact) mass is 283 g/mol. The summed E-state index contributed by atoms with van der Waals surface area (Å²) in [6, 6.07) is 12.9. The molecule has 0 fully saturated rings. The molecule has 0 aliphatic carbocycles. The van der Waals surface area contributed by atoms with Crippen LogP contribution in [-0.4, -0.2) is 6.21 Å². The van der Waals surface area contributed by atoms with Gasteiger partial charge in [-0.1, -0.05) is 65.1 Å². The number of halogens is 3. The van der Waals surface area contributed by atoms with Gasteiger partial charge < -0.3 is 0 Å². The maximum atomic E-state index is 6.02. The molecule has 0 aliphatic heterocycles. The van der Waals surface area contributed by atoms with E-state index in [4.69, 9.17) is 34.8 Å². The van der Waals surface area contributed by atoms with Gasteiger partial charge in [0.2, 0.25) is 0 Å². The molecule has 2 aromatic rings. The van der Waals surface area contributed by atoms with E-state index in [1.807, 2.05) is 30.3 Å². The maximum Gasteiger partial charge on any atom is 0.100 e. The zero-order chi connectivity index (χ0) is 12.3. The smallest absolute Gasteiger partial charge is 0.100 e. The van der Waals surface area contributed by atoms with Gasteiger partial charge in [0.05, 0.1) is 10.0 Å². The Hall–Kier alpha value is -1.02. The van der Waals surface area contributed by atoms with Crippen LogP contribution >= 0.6 is 34.8 Å². The van der Waals surface area contributed by atoms with Crippen LogP contribution in [0, 0.1) is 0 Å². The molecule has 0 atom stereocenters. The molecule has 4 heteroatoms. The van der Waals surface area contributed by atoms with Crippen molar-refractivity contribution < 1.29 is 0 Å². The highest BCUT2D eigenvalue weighted by Crippen LogP contribution is 2.35. The molecule has 0 aliphatic rings. The Labute approximate surface area is 115 Å². The summed E-state index contributed by atoms with van der Waals surface area (Å²) in [5.41, 5.74) is 1.51. The molecule has 2 aromatic carbocycles. The lowest BCUT2D eigenvalue weighted by Crippen LogP contribution is -1.79. The summed E-state index contributed by atoms with van der Waals surface area (Å²) in [5.74, 6) is 0. The van der Waals surface area contributed by atoms with Crippen LogP contribution in [0.4, 0.5) is 5.69 Å². The Kier molecular flexibility index (Phi) is 4.06. The molecule has 0 radical (unpaired) electrons. The maximum absolute atomic E-state index is 6.02. The van der Waals surface area contributed by atoms with E-state index in [9.17, 15) is 0 Å². The topological polar surface area (TPSA) is 12.4 Å². The SMILES string of the molecule is Clc1cc(Cl)c(/N=C/c2ccccc2)c(Cl)c1. The second-order valence-electron chi connectivity index (χ2n) is 3.39. The van der Waals surface area contributed by atoms with E-state index in [0.29, 0.717) is 20.8 Å². The fourth-order valence-corrected chi connectivity index (χ4v) is 2.25. The molecule has 1 nitrogen and oxygen atoms in total. The second-order valence-corrected chi connectivity index (χ2v) is 4.64. The largest absolute Gasteiger partial charge is 0.253 e. The van der Waals surface area contributed by atoms with E-state index >= 15 is 0 Å². The van der Waals surface area contributed by atoms with Gasteiger partial charge in [0.1, 0.15) is 5.69 Å². The van der Waals surface area contributed by atoms with Crippen molar-refractivity contribution in [1.29, 1.82) is 0 Å². The molecule has 86 valence electrons. The Morgan fingerprint density at radius 1 is 0.882 bits per heavy atom. The third-order valence-electron chi connectivity index (χ3n) is 2.12. The molecule has 2 rings (SSSR count). The summed E-state index contributed by atoms with van der Waals surface area (Å²) < 4.78 is 0. The summed E-state index contributed by atoms with van der Waals surface area (Å²) in [6.07, 6.45) is 1.71. The summed E-state index contributed by atoms with van der Waals surface area (Å²) in [5, 5.41) is 1.38. The van der Waals surface area contributed by atoms with Crippen molar-refractivity contribution >= 4 is 46.7 Å². The molecular formula is C13H8Cl3N. The van der Waals surface area contributed by atoms with Crippen molar-refractivity contribution in [3.05, 3.63) is 63.1 Å². The van der Waals surface area contributed by atoms with Crippen LogP contribution in [0.5, 0.6) is 0 Å². The minimum absolute atomic E-state index is 0.440. The van der Waals surface area contributed by atoms with Crippen molar-refractivity contribution in [3.63, 3.8) is 0 Å². The van der Waals surface area contributed by atoms with Gasteiger partial charge in [-0.2, -0.15) is 0 Å². The predicted octanol–water partition coefficient (Wildman–Crippen LogP) is 5.40. The van der Waals surface area contributed by atoms with Crippen molar-refractivity contribution in [2.75, 3.05) is 0 Å². The average molecular weight is 285 g/mol. The van der Waals surface area contributed by atoms with Gasteiger partial charge in [-0.15, -0.1) is 0 Å². The lowest BCUT2D eigenvalue weighted by Gasteiger charge is -2.02. The number of rotatable bonds is 2. The first-order chi connectivity index (χ1) is 8.16. The van der Waals surface area contributed by atoms with Crippen LogP contribution < -0.4 is 0 Å². The number of hydrogen-bond donors (Lipinski definition) is 0. The van der Waals surface area contributed by atoms with E-state index in [1.165, 1.54) is 0 Å². The summed E-state index contributed by atoms with van der Waals surface area (Å²) in [6.45, 7) is 0. The van der Waals surface area contributed by atoms with Crippen LogP contribution in [0.15, 0.2) is 47.5 Å². The Morgan fingerprint density at radius 2 is 1.47 bits per heavy atom. The molecule has 0 heterocycles. The number of aliphatic imine (C=N–C) groups is 1. The average Bonchev–Trinajstić information content (AvgIpc) is 2.29. The Bertz CT molecular complexity index is 527. The third-order valence-corrected chi connectivity index (χ3v) is 2.92. The fraction of sp³-hybridized carbons (Fsp3) is 0. The lowest BCUT2D eigenvalue weighted by molar-refractivity contribution is 1.52. The van der Waals surface area contributed by atoms with E-state index in [-0.39, 0.29) is 0 Å². The van der Waals surface area contributed by atoms with Gasteiger partial charge in [-0.05, 0) is 17.7 Å². The quantitative estimate of drug-likeness (QED) is 0.655. The van der Waals surface area contributed by atoms with Gasteiger partial charge in [0.25, 0.3) is 0 Å². The van der Waals surface area contributed by atoms with E-state index in [2.05, 4.69) is 4.99 Å². The predicted molar refractivity (Wildman–Crippen MR) is 75.2 cm³/mol. The molecule has 0 N–H and O–H groups in total. The van der Waals surface area contributed by atoms with Gasteiger partial charge in [0.15, 0.2) is 0 Å². The molecular weight excluding hydrogens is 277 g/mol. The molecule has 0 aromatic heterocycles. The van der Waals surface area contributed by atoms with Gasteiger partial charge in [-0.25, -0.2) is 0 Å². The second kappa shape index (κ2) is 5.54. The summed E-state index contributed by atoms with van der Waals surface area (Å²) in [4.78, 5) is 4.27. The number of hydrogen-bond acceptors (Lipinski definition) is 1.